The molecule has 0 aliphatic carbocycles. The molecule has 0 saturated heterocycles. The summed E-state index contributed by atoms with van der Waals surface area (Å²) < 4.78 is 55.6. The Morgan fingerprint density at radius 3 is 2.41 bits per heavy atom. The van der Waals surface area contributed by atoms with Crippen LogP contribution in [0, 0.1) is 17.5 Å². The van der Waals surface area contributed by atoms with E-state index in [-0.39, 0.29) is 16.6 Å². The molecule has 3 rings (SSSR count). The van der Waals surface area contributed by atoms with E-state index in [4.69, 9.17) is 12.2 Å². The molecule has 27 heavy (non-hydrogen) atoms. The summed E-state index contributed by atoms with van der Waals surface area (Å²) >= 11 is 5.72. The van der Waals surface area contributed by atoms with Crippen LogP contribution in [0.25, 0.3) is 15.9 Å². The lowest BCUT2D eigenvalue weighted by atomic mass is 10.2. The summed E-state index contributed by atoms with van der Waals surface area (Å²) in [6.07, 6.45) is -4.80. The number of hydrogen-bond acceptors (Lipinski definition) is 4. The number of H-pyrrole nitrogens is 1. The molecule has 0 amide bonds. The highest BCUT2D eigenvalue weighted by Gasteiger charge is 2.35. The lowest BCUT2D eigenvalue weighted by Gasteiger charge is -2.14. The number of alkyl halides is 3. The van der Waals surface area contributed by atoms with Crippen LogP contribution in [-0.2, 0) is 6.18 Å². The van der Waals surface area contributed by atoms with E-state index in [9.17, 15) is 27.2 Å². The van der Waals surface area contributed by atoms with Gasteiger partial charge in [-0.05, 0) is 45.1 Å². The second-order valence-corrected chi connectivity index (χ2v) is 7.55. The quantitative estimate of drug-likeness (QED) is 0.497. The molecule has 0 aliphatic rings. The number of hydrogen-bond donors (Lipinski definition) is 1. The van der Waals surface area contributed by atoms with E-state index in [0.29, 0.717) is 14.8 Å². The molecular weight excluding hydrogens is 406 g/mol. The van der Waals surface area contributed by atoms with Crippen LogP contribution in [0.1, 0.15) is 31.1 Å². The van der Waals surface area contributed by atoms with Gasteiger partial charge in [0, 0.05) is 11.6 Å². The van der Waals surface area contributed by atoms with Crippen molar-refractivity contribution in [3.8, 4) is 5.69 Å². The Morgan fingerprint density at radius 1 is 1.22 bits per heavy atom. The average Bonchev–Trinajstić information content (AvgIpc) is 2.84. The van der Waals surface area contributed by atoms with Gasteiger partial charge in [0.1, 0.15) is 11.5 Å². The Morgan fingerprint density at radius 2 is 1.85 bits per heavy atom. The zero-order valence-corrected chi connectivity index (χ0v) is 15.9. The number of thiazole rings is 1. The van der Waals surface area contributed by atoms with Crippen molar-refractivity contribution in [2.45, 2.75) is 33.0 Å². The monoisotopic (exact) mass is 419 g/mol. The van der Waals surface area contributed by atoms with Crippen LogP contribution in [0.3, 0.4) is 0 Å². The molecule has 1 N–H and O–H groups in total. The molecule has 2 aromatic heterocycles. The molecule has 11 heteroatoms. The molecule has 0 fully saturated rings. The number of aromatic nitrogens is 3. The van der Waals surface area contributed by atoms with E-state index in [1.54, 1.807) is 13.8 Å². The van der Waals surface area contributed by atoms with E-state index in [2.05, 4.69) is 0 Å². The van der Waals surface area contributed by atoms with Gasteiger partial charge in [0.2, 0.25) is 0 Å². The fourth-order valence-electron chi connectivity index (χ4n) is 2.83. The van der Waals surface area contributed by atoms with Gasteiger partial charge < -0.3 is 4.98 Å². The van der Waals surface area contributed by atoms with Gasteiger partial charge in [-0.25, -0.2) is 4.39 Å². The Balaban J connectivity index is 2.40. The Hall–Kier alpha value is -2.27. The summed E-state index contributed by atoms with van der Waals surface area (Å²) in [6, 6.07) is 2.09. The fraction of sp³-hybridized carbons (Fsp3) is 0.312. The van der Waals surface area contributed by atoms with Crippen molar-refractivity contribution in [1.82, 2.24) is 14.1 Å². The maximum Gasteiger partial charge on any atom is 0.431 e. The molecule has 0 unspecified atom stereocenters. The minimum Gasteiger partial charge on any atom is -0.328 e. The van der Waals surface area contributed by atoms with E-state index in [0.717, 1.165) is 24.3 Å². The number of nitrogens with one attached hydrogen (secondary N) is 1. The maximum atomic E-state index is 14.6. The van der Waals surface area contributed by atoms with Crippen molar-refractivity contribution in [3.05, 3.63) is 54.0 Å². The topological polar surface area (TPSA) is 59.8 Å². The predicted octanol–water partition coefficient (Wildman–Crippen LogP) is 4.32. The van der Waals surface area contributed by atoms with E-state index in [1.165, 1.54) is 10.6 Å². The molecule has 0 atom stereocenters. The summed E-state index contributed by atoms with van der Waals surface area (Å²) in [5, 5.41) is 0. The van der Waals surface area contributed by atoms with Crippen LogP contribution in [0.15, 0.2) is 21.7 Å². The first-order chi connectivity index (χ1) is 12.4. The molecule has 0 spiro atoms. The van der Waals surface area contributed by atoms with Crippen LogP contribution in [0.4, 0.5) is 17.6 Å². The molecular formula is C16H13F4N3O2S2. The van der Waals surface area contributed by atoms with E-state index < -0.39 is 33.6 Å². The molecule has 3 aromatic rings. The highest BCUT2D eigenvalue weighted by molar-refractivity contribution is 7.71. The van der Waals surface area contributed by atoms with Gasteiger partial charge in [-0.15, -0.1) is 0 Å². The minimum atomic E-state index is -4.80. The number of nitrogens with zero attached hydrogens (tertiary/aromatic N) is 2. The van der Waals surface area contributed by atoms with Crippen LogP contribution in [0.2, 0.25) is 0 Å². The van der Waals surface area contributed by atoms with Crippen molar-refractivity contribution < 1.29 is 17.6 Å². The maximum absolute atomic E-state index is 14.6. The van der Waals surface area contributed by atoms with Crippen molar-refractivity contribution >= 4 is 33.8 Å². The predicted molar refractivity (Wildman–Crippen MR) is 96.9 cm³/mol. The van der Waals surface area contributed by atoms with Crippen LogP contribution < -0.4 is 10.4 Å². The number of fused-ring (bicyclic) bond motifs is 1. The van der Waals surface area contributed by atoms with Gasteiger partial charge >= 0.3 is 11.0 Å². The van der Waals surface area contributed by atoms with Crippen LogP contribution >= 0.6 is 23.6 Å². The zero-order valence-electron chi connectivity index (χ0n) is 14.3. The van der Waals surface area contributed by atoms with Crippen molar-refractivity contribution in [1.29, 1.82) is 0 Å². The summed E-state index contributed by atoms with van der Waals surface area (Å²) in [4.78, 5) is 26.3. The normalized spacial score (nSPS) is 12.3. The lowest BCUT2D eigenvalue weighted by Crippen LogP contribution is -2.28. The first-order valence-electron chi connectivity index (χ1n) is 7.71. The second-order valence-electron chi connectivity index (χ2n) is 6.17. The Bertz CT molecular complexity index is 1230. The molecule has 1 aromatic carbocycles. The second kappa shape index (κ2) is 6.41. The largest absolute Gasteiger partial charge is 0.431 e. The molecule has 0 saturated carbocycles. The van der Waals surface area contributed by atoms with E-state index >= 15 is 0 Å². The van der Waals surface area contributed by atoms with Crippen LogP contribution in [0.5, 0.6) is 0 Å². The van der Waals surface area contributed by atoms with Crippen molar-refractivity contribution in [2.75, 3.05) is 0 Å². The first-order valence-corrected chi connectivity index (χ1v) is 8.94. The number of halogens is 4. The molecule has 5 nitrogen and oxygen atoms in total. The number of rotatable bonds is 2. The summed E-state index contributed by atoms with van der Waals surface area (Å²) in [5.41, 5.74) is -2.95. The number of aromatic amines is 1. The van der Waals surface area contributed by atoms with Crippen molar-refractivity contribution in [2.24, 2.45) is 0 Å². The average molecular weight is 419 g/mol. The lowest BCUT2D eigenvalue weighted by molar-refractivity contribution is -0.141. The Labute approximate surface area is 158 Å². The first kappa shape index (κ1) is 19.5. The highest BCUT2D eigenvalue weighted by atomic mass is 32.1. The van der Waals surface area contributed by atoms with Gasteiger partial charge in [-0.1, -0.05) is 11.3 Å². The van der Waals surface area contributed by atoms with Crippen LogP contribution in [-0.4, -0.2) is 14.1 Å². The smallest absolute Gasteiger partial charge is 0.328 e. The fourth-order valence-corrected chi connectivity index (χ4v) is 4.13. The van der Waals surface area contributed by atoms with E-state index in [1.807, 2.05) is 4.98 Å². The SMILES string of the molecule is Cc1c(C(F)(F)F)[nH]c(=S)n(-c2cc3c(cc2F)sc(=O)n3C(C)C)c1=O. The summed E-state index contributed by atoms with van der Waals surface area (Å²) in [6.45, 7) is 4.51. The molecule has 0 bridgehead atoms. The van der Waals surface area contributed by atoms with Gasteiger partial charge in [-0.3, -0.25) is 18.7 Å². The third kappa shape index (κ3) is 3.14. The van der Waals surface area contributed by atoms with Gasteiger partial charge in [0.25, 0.3) is 5.56 Å². The zero-order chi connectivity index (χ0) is 20.3. The standard InChI is InChI=1S/C16H13F4N3O2S2/c1-6(2)22-10-5-9(8(17)4-11(10)27-15(22)25)23-13(24)7(3)12(16(18,19)20)21-14(23)26/h4-6H,1-3H3,(H,21,26). The summed E-state index contributed by atoms with van der Waals surface area (Å²) in [5.74, 6) is -0.875. The molecule has 2 heterocycles. The minimum absolute atomic E-state index is 0.231. The third-order valence-corrected chi connectivity index (χ3v) is 5.26. The third-order valence-electron chi connectivity index (χ3n) is 4.06. The highest BCUT2D eigenvalue weighted by Crippen LogP contribution is 2.30. The molecule has 0 aliphatic heterocycles. The molecule has 144 valence electrons. The van der Waals surface area contributed by atoms with Crippen molar-refractivity contribution in [3.63, 3.8) is 0 Å². The van der Waals surface area contributed by atoms with Gasteiger partial charge in [-0.2, -0.15) is 13.2 Å². The summed E-state index contributed by atoms with van der Waals surface area (Å²) in [7, 11) is 0. The Kier molecular flexibility index (Phi) is 4.63. The molecule has 0 radical (unpaired) electrons. The van der Waals surface area contributed by atoms with Gasteiger partial charge in [0.15, 0.2) is 4.77 Å². The number of benzene rings is 1. The van der Waals surface area contributed by atoms with Gasteiger partial charge in [0.05, 0.1) is 15.9 Å².